The maximum atomic E-state index is 9.40. The van der Waals surface area contributed by atoms with Gasteiger partial charge in [0.2, 0.25) is 0 Å². The first-order chi connectivity index (χ1) is 11.7. The van der Waals surface area contributed by atoms with Crippen molar-refractivity contribution in [2.45, 2.75) is 6.54 Å². The van der Waals surface area contributed by atoms with Gasteiger partial charge in [-0.25, -0.2) is 14.6 Å². The average Bonchev–Trinajstić information content (AvgIpc) is 3.25. The Hall–Kier alpha value is -3.47. The first kappa shape index (κ1) is 15.4. The van der Waals surface area contributed by atoms with E-state index in [9.17, 15) is 5.26 Å². The van der Waals surface area contributed by atoms with Gasteiger partial charge < -0.3 is 4.90 Å². The Morgan fingerprint density at radius 1 is 1.33 bits per heavy atom. The summed E-state index contributed by atoms with van der Waals surface area (Å²) in [5, 5.41) is 20.3. The number of nitrogens with one attached hydrogen (secondary N) is 1. The van der Waals surface area contributed by atoms with E-state index in [0.717, 1.165) is 11.3 Å². The van der Waals surface area contributed by atoms with Crippen molar-refractivity contribution >= 4 is 17.3 Å². The average molecular weight is 320 g/mol. The van der Waals surface area contributed by atoms with Gasteiger partial charge in [-0.1, -0.05) is 12.1 Å². The van der Waals surface area contributed by atoms with Crippen LogP contribution in [-0.2, 0) is 6.54 Å². The molecule has 0 unspecified atom stereocenters. The minimum absolute atomic E-state index is 0.365. The van der Waals surface area contributed by atoms with Gasteiger partial charge >= 0.3 is 0 Å². The van der Waals surface area contributed by atoms with Crippen molar-refractivity contribution in [2.75, 3.05) is 19.0 Å². The first-order valence-corrected chi connectivity index (χ1v) is 7.29. The molecule has 3 aromatic rings. The summed E-state index contributed by atoms with van der Waals surface area (Å²) in [6.07, 6.45) is 4.81. The van der Waals surface area contributed by atoms with E-state index >= 15 is 0 Å². The van der Waals surface area contributed by atoms with Crippen molar-refractivity contribution in [1.29, 1.82) is 5.26 Å². The summed E-state index contributed by atoms with van der Waals surface area (Å²) in [7, 11) is 3.96. The van der Waals surface area contributed by atoms with Gasteiger partial charge in [0.15, 0.2) is 5.82 Å². The molecule has 1 aromatic carbocycles. The maximum absolute atomic E-state index is 9.40. The van der Waals surface area contributed by atoms with Crippen LogP contribution in [0.4, 0.5) is 5.69 Å². The summed E-state index contributed by atoms with van der Waals surface area (Å²) in [5.74, 6) is 0.976. The molecule has 0 spiro atoms. The van der Waals surface area contributed by atoms with E-state index in [1.807, 2.05) is 43.3 Å². The zero-order valence-corrected chi connectivity index (χ0v) is 13.4. The number of H-pyrrole nitrogens is 1. The van der Waals surface area contributed by atoms with Gasteiger partial charge in [-0.2, -0.15) is 15.5 Å². The van der Waals surface area contributed by atoms with Crippen LogP contribution in [0.15, 0.2) is 36.9 Å². The van der Waals surface area contributed by atoms with Crippen LogP contribution in [0.25, 0.3) is 11.6 Å². The SMILES string of the molecule is CN(C)c1ccc(C=C(C#N)c2n[nH]c(Cn3cncn3)n2)cc1. The fraction of sp³-hybridized carbons (Fsp3) is 0.188. The molecule has 2 aromatic heterocycles. The Labute approximate surface area is 139 Å². The predicted octanol–water partition coefficient (Wildman–Crippen LogP) is 1.57. The summed E-state index contributed by atoms with van der Waals surface area (Å²) in [5.41, 5.74) is 2.41. The van der Waals surface area contributed by atoms with Gasteiger partial charge in [0.25, 0.3) is 0 Å². The standard InChI is InChI=1S/C16H16N8/c1-23(2)14-5-3-12(4-6-14)7-13(8-17)16-20-15(21-22-16)9-24-11-18-10-19-24/h3-7,10-11H,9H2,1-2H3,(H,20,21,22). The molecule has 3 rings (SSSR count). The van der Waals surface area contributed by atoms with Crippen molar-refractivity contribution in [3.63, 3.8) is 0 Å². The maximum Gasteiger partial charge on any atom is 0.191 e. The Balaban J connectivity index is 1.81. The molecule has 0 bridgehead atoms. The number of allylic oxidation sites excluding steroid dienone is 1. The van der Waals surface area contributed by atoms with Gasteiger partial charge in [-0.3, -0.25) is 5.10 Å². The molecule has 0 aliphatic heterocycles. The molecule has 8 nitrogen and oxygen atoms in total. The van der Waals surface area contributed by atoms with Crippen LogP contribution in [-0.4, -0.2) is 44.0 Å². The summed E-state index contributed by atoms with van der Waals surface area (Å²) >= 11 is 0. The van der Waals surface area contributed by atoms with E-state index < -0.39 is 0 Å². The smallest absolute Gasteiger partial charge is 0.191 e. The van der Waals surface area contributed by atoms with Gasteiger partial charge in [0.1, 0.15) is 31.1 Å². The number of aromatic amines is 1. The summed E-state index contributed by atoms with van der Waals surface area (Å²) < 4.78 is 1.63. The van der Waals surface area contributed by atoms with E-state index in [-0.39, 0.29) is 0 Å². The molecule has 0 amide bonds. The van der Waals surface area contributed by atoms with Crippen LogP contribution in [0.5, 0.6) is 0 Å². The molecule has 24 heavy (non-hydrogen) atoms. The molecule has 1 N–H and O–H groups in total. The van der Waals surface area contributed by atoms with Crippen molar-refractivity contribution in [3.05, 3.63) is 54.1 Å². The van der Waals surface area contributed by atoms with Crippen LogP contribution in [0.1, 0.15) is 17.2 Å². The van der Waals surface area contributed by atoms with Crippen molar-refractivity contribution in [2.24, 2.45) is 0 Å². The Morgan fingerprint density at radius 2 is 2.12 bits per heavy atom. The topological polar surface area (TPSA) is 99.3 Å². The molecule has 0 saturated heterocycles. The van der Waals surface area contributed by atoms with Crippen molar-refractivity contribution < 1.29 is 0 Å². The quantitative estimate of drug-likeness (QED) is 0.716. The van der Waals surface area contributed by atoms with Gasteiger partial charge in [0.05, 0.1) is 5.57 Å². The third-order valence-corrected chi connectivity index (χ3v) is 3.39. The number of hydrogen-bond donors (Lipinski definition) is 1. The fourth-order valence-corrected chi connectivity index (χ4v) is 2.14. The lowest BCUT2D eigenvalue weighted by molar-refractivity contribution is 0.655. The van der Waals surface area contributed by atoms with Crippen LogP contribution in [0, 0.1) is 11.3 Å². The second-order valence-corrected chi connectivity index (χ2v) is 5.35. The Kier molecular flexibility index (Phi) is 4.34. The lowest BCUT2D eigenvalue weighted by Crippen LogP contribution is -2.07. The lowest BCUT2D eigenvalue weighted by atomic mass is 10.1. The number of nitriles is 1. The number of nitrogens with zero attached hydrogens (tertiary/aromatic N) is 7. The molecule has 0 fully saturated rings. The highest BCUT2D eigenvalue weighted by molar-refractivity contribution is 5.87. The van der Waals surface area contributed by atoms with Crippen LogP contribution >= 0.6 is 0 Å². The van der Waals surface area contributed by atoms with Gasteiger partial charge in [-0.15, -0.1) is 0 Å². The molecule has 0 saturated carbocycles. The highest BCUT2D eigenvalue weighted by atomic mass is 15.3. The highest BCUT2D eigenvalue weighted by Crippen LogP contribution is 2.17. The lowest BCUT2D eigenvalue weighted by Gasteiger charge is -2.11. The van der Waals surface area contributed by atoms with Gasteiger partial charge in [0, 0.05) is 19.8 Å². The number of aromatic nitrogens is 6. The molecule has 120 valence electrons. The Morgan fingerprint density at radius 3 is 2.75 bits per heavy atom. The first-order valence-electron chi connectivity index (χ1n) is 7.29. The van der Waals surface area contributed by atoms with E-state index in [0.29, 0.717) is 23.8 Å². The van der Waals surface area contributed by atoms with Crippen LogP contribution < -0.4 is 4.90 Å². The predicted molar refractivity (Wildman–Crippen MR) is 89.8 cm³/mol. The molecular weight excluding hydrogens is 304 g/mol. The number of hydrogen-bond acceptors (Lipinski definition) is 6. The largest absolute Gasteiger partial charge is 0.378 e. The zero-order valence-electron chi connectivity index (χ0n) is 13.4. The number of rotatable bonds is 5. The minimum Gasteiger partial charge on any atom is -0.378 e. The molecule has 0 aliphatic carbocycles. The molecule has 2 heterocycles. The second kappa shape index (κ2) is 6.75. The van der Waals surface area contributed by atoms with E-state index in [1.165, 1.54) is 6.33 Å². The van der Waals surface area contributed by atoms with Crippen LogP contribution in [0.2, 0.25) is 0 Å². The van der Waals surface area contributed by atoms with Crippen molar-refractivity contribution in [3.8, 4) is 6.07 Å². The van der Waals surface area contributed by atoms with E-state index in [1.54, 1.807) is 17.1 Å². The second-order valence-electron chi connectivity index (χ2n) is 5.35. The van der Waals surface area contributed by atoms with Crippen molar-refractivity contribution in [1.82, 2.24) is 29.9 Å². The molecular formula is C16H16N8. The fourth-order valence-electron chi connectivity index (χ4n) is 2.14. The Bertz CT molecular complexity index is 866. The third-order valence-electron chi connectivity index (χ3n) is 3.39. The molecule has 0 radical (unpaired) electrons. The summed E-state index contributed by atoms with van der Waals surface area (Å²) in [6, 6.07) is 10.0. The molecule has 0 aliphatic rings. The summed E-state index contributed by atoms with van der Waals surface area (Å²) in [4.78, 5) is 10.2. The third kappa shape index (κ3) is 3.47. The normalized spacial score (nSPS) is 11.3. The van der Waals surface area contributed by atoms with E-state index in [2.05, 4.69) is 31.3 Å². The summed E-state index contributed by atoms with van der Waals surface area (Å²) in [6.45, 7) is 0.420. The highest BCUT2D eigenvalue weighted by Gasteiger charge is 2.09. The minimum atomic E-state index is 0.365. The van der Waals surface area contributed by atoms with E-state index in [4.69, 9.17) is 0 Å². The molecule has 0 atom stereocenters. The monoisotopic (exact) mass is 320 g/mol. The zero-order chi connectivity index (χ0) is 16.9. The number of benzene rings is 1. The van der Waals surface area contributed by atoms with Gasteiger partial charge in [-0.05, 0) is 23.8 Å². The number of anilines is 1. The van der Waals surface area contributed by atoms with Crippen LogP contribution in [0.3, 0.4) is 0 Å². The molecule has 8 heteroatoms.